The van der Waals surface area contributed by atoms with Crippen molar-refractivity contribution in [3.05, 3.63) is 70.7 Å². The molecule has 1 atom stereocenters. The fraction of sp³-hybridized carbons (Fsp3) is 0.320. The van der Waals surface area contributed by atoms with Crippen molar-refractivity contribution in [2.24, 2.45) is 0 Å². The summed E-state index contributed by atoms with van der Waals surface area (Å²) >= 11 is 6.61. The number of rotatable bonds is 11. The minimum atomic E-state index is -0.215. The molecule has 0 unspecified atom stereocenters. The van der Waals surface area contributed by atoms with E-state index in [0.717, 1.165) is 30.6 Å². The summed E-state index contributed by atoms with van der Waals surface area (Å²) in [5.74, 6) is 0.427. The highest BCUT2D eigenvalue weighted by Gasteiger charge is 2.13. The fourth-order valence-electron chi connectivity index (χ4n) is 3.34. The third kappa shape index (κ3) is 8.09. The quantitative estimate of drug-likeness (QED) is 0.324. The molecule has 0 aliphatic heterocycles. The molecule has 7 nitrogen and oxygen atoms in total. The van der Waals surface area contributed by atoms with Crippen LogP contribution in [0.25, 0.3) is 0 Å². The molecular formula is C25H30N4O3S2. The Balaban J connectivity index is 1.71. The van der Waals surface area contributed by atoms with Crippen LogP contribution >= 0.6 is 23.6 Å². The molecule has 34 heavy (non-hydrogen) atoms. The Kier molecular flexibility index (Phi) is 9.81. The Morgan fingerprint density at radius 1 is 1.12 bits per heavy atom. The van der Waals surface area contributed by atoms with Crippen molar-refractivity contribution in [2.45, 2.75) is 32.8 Å². The van der Waals surface area contributed by atoms with Crippen LogP contribution in [0, 0.1) is 0 Å². The van der Waals surface area contributed by atoms with E-state index in [-0.39, 0.29) is 12.0 Å². The van der Waals surface area contributed by atoms with E-state index in [0.29, 0.717) is 28.2 Å². The van der Waals surface area contributed by atoms with Gasteiger partial charge in [0.1, 0.15) is 11.9 Å². The molecule has 3 rings (SSSR count). The lowest BCUT2D eigenvalue weighted by atomic mass is 10.0. The Morgan fingerprint density at radius 3 is 2.56 bits per heavy atom. The number of hydrogen-bond acceptors (Lipinski definition) is 6. The molecule has 0 saturated heterocycles. The highest BCUT2D eigenvalue weighted by Crippen LogP contribution is 2.22. The molecular weight excluding hydrogens is 468 g/mol. The van der Waals surface area contributed by atoms with E-state index in [1.54, 1.807) is 19.4 Å². The first-order chi connectivity index (χ1) is 16.5. The average molecular weight is 499 g/mol. The number of amides is 1. The molecule has 2 aromatic carbocycles. The Morgan fingerprint density at radius 2 is 1.88 bits per heavy atom. The topological polar surface area (TPSA) is 84.5 Å². The molecule has 3 N–H and O–H groups in total. The van der Waals surface area contributed by atoms with Gasteiger partial charge >= 0.3 is 0 Å². The molecule has 1 heterocycles. The summed E-state index contributed by atoms with van der Waals surface area (Å²) in [6.45, 7) is 5.18. The van der Waals surface area contributed by atoms with Gasteiger partial charge in [-0.05, 0) is 80.4 Å². The molecule has 0 fully saturated rings. The third-order valence-corrected chi connectivity index (χ3v) is 5.81. The number of carbonyl (C=O) groups excluding carboxylic acids is 1. The number of ether oxygens (including phenoxy) is 2. The molecule has 1 aromatic heterocycles. The van der Waals surface area contributed by atoms with Gasteiger partial charge in [-0.3, -0.25) is 10.1 Å². The maximum absolute atomic E-state index is 12.8. The second kappa shape index (κ2) is 13.0. The van der Waals surface area contributed by atoms with Crippen LogP contribution in [-0.4, -0.2) is 42.4 Å². The maximum Gasteiger partial charge on any atom is 0.257 e. The number of nitrogens with one attached hydrogen (secondary N) is 3. The molecule has 0 bridgehead atoms. The van der Waals surface area contributed by atoms with Gasteiger partial charge in [-0.15, -0.1) is 11.3 Å². The van der Waals surface area contributed by atoms with Crippen molar-refractivity contribution in [1.82, 2.24) is 10.3 Å². The minimum absolute atomic E-state index is 0.136. The molecule has 180 valence electrons. The summed E-state index contributed by atoms with van der Waals surface area (Å²) in [4.78, 5) is 17.0. The number of methoxy groups -OCH3 is 1. The SMILES string of the molecule is CCNC(=S)Nc1ccc(CCc2cc(O[C@@H](C)COC)cc(C(=O)Nc3nccs3)c2)cc1. The number of carbonyl (C=O) groups is 1. The van der Waals surface area contributed by atoms with Gasteiger partial charge in [-0.25, -0.2) is 4.98 Å². The molecule has 0 saturated carbocycles. The summed E-state index contributed by atoms with van der Waals surface area (Å²) in [7, 11) is 1.64. The van der Waals surface area contributed by atoms with Crippen molar-refractivity contribution < 1.29 is 14.3 Å². The smallest absolute Gasteiger partial charge is 0.257 e. The molecule has 3 aromatic rings. The van der Waals surface area contributed by atoms with E-state index in [9.17, 15) is 4.79 Å². The van der Waals surface area contributed by atoms with Gasteiger partial charge in [-0.1, -0.05) is 12.1 Å². The summed E-state index contributed by atoms with van der Waals surface area (Å²) in [5.41, 5.74) is 3.68. The first kappa shape index (κ1) is 25.6. The van der Waals surface area contributed by atoms with E-state index in [4.69, 9.17) is 21.7 Å². The van der Waals surface area contributed by atoms with Crippen LogP contribution in [0.3, 0.4) is 0 Å². The number of thiocarbonyl (C=S) groups is 1. The third-order valence-electron chi connectivity index (χ3n) is 4.87. The number of nitrogens with zero attached hydrogens (tertiary/aromatic N) is 1. The standard InChI is InChI=1S/C25H30N4O3S2/c1-4-26-24(33)28-21-9-7-18(8-10-21)5-6-19-13-20(23(30)29-25-27-11-12-34-25)15-22(14-19)32-17(2)16-31-3/h7-15,17H,4-6,16H2,1-3H3,(H2,26,28,33)(H,27,29,30)/t17-/m0/s1. The largest absolute Gasteiger partial charge is 0.488 e. The minimum Gasteiger partial charge on any atom is -0.488 e. The molecule has 9 heteroatoms. The Labute approximate surface area is 209 Å². The molecule has 0 spiro atoms. The number of hydrogen-bond donors (Lipinski definition) is 3. The number of aromatic nitrogens is 1. The lowest BCUT2D eigenvalue weighted by Gasteiger charge is -2.16. The van der Waals surface area contributed by atoms with E-state index in [2.05, 4.69) is 33.1 Å². The van der Waals surface area contributed by atoms with Gasteiger partial charge in [0.25, 0.3) is 5.91 Å². The Bertz CT molecular complexity index is 1070. The van der Waals surface area contributed by atoms with Crippen molar-refractivity contribution in [1.29, 1.82) is 0 Å². The van der Waals surface area contributed by atoms with Crippen molar-refractivity contribution in [3.8, 4) is 5.75 Å². The van der Waals surface area contributed by atoms with Crippen molar-refractivity contribution >= 4 is 45.4 Å². The van der Waals surface area contributed by atoms with Crippen LogP contribution in [0.1, 0.15) is 35.3 Å². The number of aryl methyl sites for hydroxylation is 2. The fourth-order valence-corrected chi connectivity index (χ4v) is 4.13. The van der Waals surface area contributed by atoms with E-state index in [1.807, 2.05) is 43.5 Å². The molecule has 0 radical (unpaired) electrons. The lowest BCUT2D eigenvalue weighted by molar-refractivity contribution is 0.0916. The van der Waals surface area contributed by atoms with Gasteiger partial charge in [0, 0.05) is 36.5 Å². The molecule has 0 aliphatic rings. The monoisotopic (exact) mass is 498 g/mol. The zero-order chi connectivity index (χ0) is 24.3. The summed E-state index contributed by atoms with van der Waals surface area (Å²) in [5, 5.41) is 12.1. The number of benzene rings is 2. The van der Waals surface area contributed by atoms with Gasteiger partial charge in [0.05, 0.1) is 6.61 Å². The number of thiazole rings is 1. The highest BCUT2D eigenvalue weighted by molar-refractivity contribution is 7.80. The highest BCUT2D eigenvalue weighted by atomic mass is 32.1. The van der Waals surface area contributed by atoms with Crippen LogP contribution in [-0.2, 0) is 17.6 Å². The van der Waals surface area contributed by atoms with E-state index >= 15 is 0 Å². The van der Waals surface area contributed by atoms with Crippen LogP contribution in [0.4, 0.5) is 10.8 Å². The second-order valence-corrected chi connectivity index (χ2v) is 9.03. The normalized spacial score (nSPS) is 11.5. The zero-order valence-corrected chi connectivity index (χ0v) is 21.2. The Hall–Kier alpha value is -3.01. The van der Waals surface area contributed by atoms with E-state index < -0.39 is 0 Å². The van der Waals surface area contributed by atoms with Crippen LogP contribution in [0.15, 0.2) is 54.0 Å². The second-order valence-electron chi connectivity index (χ2n) is 7.72. The number of anilines is 2. The average Bonchev–Trinajstić information content (AvgIpc) is 3.32. The molecule has 1 amide bonds. The van der Waals surface area contributed by atoms with Gasteiger partial charge in [0.2, 0.25) is 0 Å². The predicted octanol–water partition coefficient (Wildman–Crippen LogP) is 4.90. The van der Waals surface area contributed by atoms with Crippen molar-refractivity contribution in [3.63, 3.8) is 0 Å². The van der Waals surface area contributed by atoms with Gasteiger partial charge in [-0.2, -0.15) is 0 Å². The summed E-state index contributed by atoms with van der Waals surface area (Å²) in [6.07, 6.45) is 3.11. The predicted molar refractivity (Wildman–Crippen MR) is 142 cm³/mol. The van der Waals surface area contributed by atoms with Gasteiger partial charge in [0.15, 0.2) is 10.2 Å². The van der Waals surface area contributed by atoms with E-state index in [1.165, 1.54) is 16.9 Å². The first-order valence-electron chi connectivity index (χ1n) is 11.1. The lowest BCUT2D eigenvalue weighted by Crippen LogP contribution is -2.27. The molecule has 0 aliphatic carbocycles. The first-order valence-corrected chi connectivity index (χ1v) is 12.4. The van der Waals surface area contributed by atoms with Crippen LogP contribution in [0.5, 0.6) is 5.75 Å². The zero-order valence-electron chi connectivity index (χ0n) is 19.6. The van der Waals surface area contributed by atoms with Crippen LogP contribution < -0.4 is 20.7 Å². The van der Waals surface area contributed by atoms with Gasteiger partial charge < -0.3 is 20.1 Å². The maximum atomic E-state index is 12.8. The summed E-state index contributed by atoms with van der Waals surface area (Å²) in [6, 6.07) is 13.8. The summed E-state index contributed by atoms with van der Waals surface area (Å²) < 4.78 is 11.2. The van der Waals surface area contributed by atoms with Crippen molar-refractivity contribution in [2.75, 3.05) is 30.9 Å². The van der Waals surface area contributed by atoms with Crippen LogP contribution in [0.2, 0.25) is 0 Å².